The minimum atomic E-state index is -0.143. The third-order valence-electron chi connectivity index (χ3n) is 9.76. The summed E-state index contributed by atoms with van der Waals surface area (Å²) in [6.45, 7) is 9.20. The van der Waals surface area contributed by atoms with Gasteiger partial charge in [0.15, 0.2) is 0 Å². The molecule has 0 amide bonds. The number of hydrogen-bond acceptors (Lipinski definition) is 3. The summed E-state index contributed by atoms with van der Waals surface area (Å²) in [5, 5.41) is 0. The Hall–Kier alpha value is -6.11. The highest BCUT2D eigenvalue weighted by Crippen LogP contribution is 2.33. The lowest BCUT2D eigenvalue weighted by molar-refractivity contribution is 0.513. The first-order valence-electron chi connectivity index (χ1n) is 17.9. The molecular formula is C49H43N3. The second kappa shape index (κ2) is 15.0. The lowest BCUT2D eigenvalue weighted by Crippen LogP contribution is -2.22. The first kappa shape index (κ1) is 34.3. The normalized spacial score (nSPS) is 11.5. The highest BCUT2D eigenvalue weighted by atomic mass is 14.7. The minimum absolute atomic E-state index is 0.143. The molecule has 0 saturated carbocycles. The summed E-state index contributed by atoms with van der Waals surface area (Å²) in [7, 11) is 0. The van der Waals surface area contributed by atoms with Crippen molar-refractivity contribution < 1.29 is 0 Å². The molecule has 0 fully saturated rings. The molecule has 4 aromatic carbocycles. The smallest absolute Gasteiger partial charge is 0.0702 e. The van der Waals surface area contributed by atoms with Crippen molar-refractivity contribution >= 4 is 0 Å². The molecule has 0 N–H and O–H groups in total. The van der Waals surface area contributed by atoms with Gasteiger partial charge in [-0.1, -0.05) is 149 Å². The minimum Gasteiger partial charge on any atom is -0.256 e. The largest absolute Gasteiger partial charge is 0.256 e. The van der Waals surface area contributed by atoms with E-state index in [9.17, 15) is 0 Å². The molecular weight excluding hydrogens is 631 g/mol. The first-order chi connectivity index (χ1) is 25.2. The van der Waals surface area contributed by atoms with E-state index in [4.69, 9.17) is 15.0 Å². The Kier molecular flexibility index (Phi) is 9.92. The van der Waals surface area contributed by atoms with E-state index < -0.39 is 0 Å². The molecule has 0 aliphatic carbocycles. The molecule has 3 aromatic heterocycles. The lowest BCUT2D eigenvalue weighted by Gasteiger charge is -2.28. The maximum atomic E-state index is 4.85. The van der Waals surface area contributed by atoms with Crippen molar-refractivity contribution in [2.24, 2.45) is 0 Å². The van der Waals surface area contributed by atoms with E-state index in [1.807, 2.05) is 55.0 Å². The second-order valence-electron chi connectivity index (χ2n) is 14.8. The maximum Gasteiger partial charge on any atom is 0.0702 e. The van der Waals surface area contributed by atoms with E-state index >= 15 is 0 Å². The predicted octanol–water partition coefficient (Wildman–Crippen LogP) is 11.3. The van der Waals surface area contributed by atoms with Gasteiger partial charge in [0.25, 0.3) is 0 Å². The second-order valence-corrected chi connectivity index (χ2v) is 14.8. The highest BCUT2D eigenvalue weighted by molar-refractivity contribution is 5.61. The summed E-state index contributed by atoms with van der Waals surface area (Å²) >= 11 is 0. The van der Waals surface area contributed by atoms with E-state index in [1.54, 1.807) is 0 Å². The van der Waals surface area contributed by atoms with Gasteiger partial charge in [0.1, 0.15) is 0 Å². The van der Waals surface area contributed by atoms with Crippen LogP contribution in [0.1, 0.15) is 61.1 Å². The molecule has 0 spiro atoms. The third kappa shape index (κ3) is 8.26. The van der Waals surface area contributed by atoms with E-state index in [1.165, 1.54) is 22.3 Å². The van der Waals surface area contributed by atoms with Crippen molar-refractivity contribution in [1.29, 1.82) is 0 Å². The van der Waals surface area contributed by atoms with Crippen molar-refractivity contribution in [3.05, 3.63) is 198 Å². The number of pyridine rings is 3. The Morgan fingerprint density at radius 2 is 0.788 bits per heavy atom. The molecule has 0 aliphatic rings. The van der Waals surface area contributed by atoms with E-state index in [0.717, 1.165) is 57.7 Å². The van der Waals surface area contributed by atoms with Crippen LogP contribution in [0.5, 0.6) is 0 Å². The fraction of sp³-hybridized carbons (Fsp3) is 0.163. The van der Waals surface area contributed by atoms with Crippen molar-refractivity contribution in [2.75, 3.05) is 0 Å². The fourth-order valence-electron chi connectivity index (χ4n) is 6.80. The van der Waals surface area contributed by atoms with Crippen LogP contribution in [0.15, 0.2) is 164 Å². The summed E-state index contributed by atoms with van der Waals surface area (Å²) in [6.07, 6.45) is 7.64. The number of hydrogen-bond donors (Lipinski definition) is 0. The lowest BCUT2D eigenvalue weighted by atomic mass is 9.77. The third-order valence-corrected chi connectivity index (χ3v) is 9.76. The number of rotatable bonds is 9. The van der Waals surface area contributed by atoms with Gasteiger partial charge in [-0.05, 0) is 82.3 Å². The van der Waals surface area contributed by atoms with Crippen molar-refractivity contribution in [2.45, 2.75) is 51.4 Å². The van der Waals surface area contributed by atoms with E-state index in [-0.39, 0.29) is 10.8 Å². The molecule has 52 heavy (non-hydrogen) atoms. The standard InChI is InChI=1S/C49H43N3/c1-48(2,43-23-26-46(51-34-43)41-16-10-6-11-17-41)31-38-28-37(21-20-36-22-25-45(50-33-36)40-14-8-5-9-15-40)29-39(30-38)32-49(3,4)44-24-27-47(52-35-44)42-18-12-7-13-19-42/h5-19,22-30,33-35H,31-32H2,1-4H3. The summed E-state index contributed by atoms with van der Waals surface area (Å²) in [5.74, 6) is 6.88. The topological polar surface area (TPSA) is 38.7 Å². The molecule has 3 nitrogen and oxygen atoms in total. The van der Waals surface area contributed by atoms with Gasteiger partial charge >= 0.3 is 0 Å². The molecule has 7 rings (SSSR count). The van der Waals surface area contributed by atoms with Crippen LogP contribution < -0.4 is 0 Å². The van der Waals surface area contributed by atoms with Crippen molar-refractivity contribution in [3.63, 3.8) is 0 Å². The molecule has 7 aromatic rings. The Morgan fingerprint density at radius 3 is 1.15 bits per heavy atom. The van der Waals surface area contributed by atoms with Crippen molar-refractivity contribution in [1.82, 2.24) is 15.0 Å². The van der Waals surface area contributed by atoms with Crippen LogP contribution in [-0.2, 0) is 23.7 Å². The molecule has 0 bridgehead atoms. The van der Waals surface area contributed by atoms with Crippen LogP contribution in [0.3, 0.4) is 0 Å². The van der Waals surface area contributed by atoms with Gasteiger partial charge < -0.3 is 0 Å². The van der Waals surface area contributed by atoms with Crippen LogP contribution in [0.4, 0.5) is 0 Å². The quantitative estimate of drug-likeness (QED) is 0.143. The zero-order chi connectivity index (χ0) is 36.0. The average molecular weight is 674 g/mol. The number of benzene rings is 4. The average Bonchev–Trinajstić information content (AvgIpc) is 3.18. The molecule has 0 saturated heterocycles. The van der Waals surface area contributed by atoms with Gasteiger partial charge in [0.05, 0.1) is 17.1 Å². The fourth-order valence-corrected chi connectivity index (χ4v) is 6.80. The highest BCUT2D eigenvalue weighted by Gasteiger charge is 2.25. The molecule has 3 heteroatoms. The van der Waals surface area contributed by atoms with Gasteiger partial charge in [-0.15, -0.1) is 0 Å². The molecule has 254 valence electrons. The monoisotopic (exact) mass is 673 g/mol. The zero-order valence-electron chi connectivity index (χ0n) is 30.3. The van der Waals surface area contributed by atoms with Crippen LogP contribution in [0.25, 0.3) is 33.8 Å². The Balaban J connectivity index is 1.18. The Labute approximate surface area is 308 Å². The van der Waals surface area contributed by atoms with Gasteiger partial charge in [-0.2, -0.15) is 0 Å². The summed E-state index contributed by atoms with van der Waals surface area (Å²) < 4.78 is 0. The van der Waals surface area contributed by atoms with Crippen LogP contribution >= 0.6 is 0 Å². The SMILES string of the molecule is CC(C)(Cc1cc(C#Cc2ccc(-c3ccccc3)nc2)cc(CC(C)(C)c2ccc(-c3ccccc3)nc2)c1)c1ccc(-c2ccccc2)nc1. The summed E-state index contributed by atoms with van der Waals surface area (Å²) in [4.78, 5) is 14.4. The van der Waals surface area contributed by atoms with Crippen LogP contribution in [0, 0.1) is 11.8 Å². The molecule has 0 radical (unpaired) electrons. The Bertz CT molecular complexity index is 2180. The van der Waals surface area contributed by atoms with Crippen molar-refractivity contribution in [3.8, 4) is 45.6 Å². The molecule has 0 aliphatic heterocycles. The first-order valence-corrected chi connectivity index (χ1v) is 17.9. The van der Waals surface area contributed by atoms with Gasteiger partial charge in [-0.3, -0.25) is 15.0 Å². The zero-order valence-corrected chi connectivity index (χ0v) is 30.3. The van der Waals surface area contributed by atoms with Crippen LogP contribution in [0.2, 0.25) is 0 Å². The number of nitrogens with zero attached hydrogens (tertiary/aromatic N) is 3. The van der Waals surface area contributed by atoms with Gasteiger partial charge in [-0.25, -0.2) is 0 Å². The van der Waals surface area contributed by atoms with E-state index in [0.29, 0.717) is 0 Å². The predicted molar refractivity (Wildman–Crippen MR) is 215 cm³/mol. The molecule has 0 unspecified atom stereocenters. The molecule has 3 heterocycles. The Morgan fingerprint density at radius 1 is 0.404 bits per heavy atom. The van der Waals surface area contributed by atoms with Gasteiger partial charge in [0, 0.05) is 46.4 Å². The molecule has 0 atom stereocenters. The number of aromatic nitrogens is 3. The maximum absolute atomic E-state index is 4.85. The van der Waals surface area contributed by atoms with Gasteiger partial charge in [0.2, 0.25) is 0 Å². The summed E-state index contributed by atoms with van der Waals surface area (Å²) in [5.41, 5.74) is 12.8. The van der Waals surface area contributed by atoms with Crippen LogP contribution in [-0.4, -0.2) is 15.0 Å². The van der Waals surface area contributed by atoms with E-state index in [2.05, 4.69) is 149 Å². The summed E-state index contributed by atoms with van der Waals surface area (Å²) in [6, 6.07) is 50.6.